The molecule has 110 valence electrons. The molecule has 0 bridgehead atoms. The molecule has 1 N–H and O–H groups in total. The van der Waals surface area contributed by atoms with Gasteiger partial charge in [0, 0.05) is 32.8 Å². The standard InChI is InChI=1S/C15H24N4O/c1-19(6-7-20-11-12-2-3-12)15-10-17-14(9-18-15)8-16-13-4-5-13/h9-10,12-13,16H,2-8,11H2,1H3. The second-order valence-electron chi connectivity index (χ2n) is 5.96. The minimum atomic E-state index is 0.711. The van der Waals surface area contributed by atoms with Crippen molar-refractivity contribution < 1.29 is 4.74 Å². The summed E-state index contributed by atoms with van der Waals surface area (Å²) in [5, 5.41) is 3.44. The van der Waals surface area contributed by atoms with Gasteiger partial charge < -0.3 is 15.0 Å². The van der Waals surface area contributed by atoms with Crippen molar-refractivity contribution in [1.29, 1.82) is 0 Å². The fraction of sp³-hybridized carbons (Fsp3) is 0.733. The van der Waals surface area contributed by atoms with Crippen LogP contribution in [0.1, 0.15) is 31.4 Å². The van der Waals surface area contributed by atoms with E-state index in [9.17, 15) is 0 Å². The molecule has 20 heavy (non-hydrogen) atoms. The molecule has 1 heterocycles. The van der Waals surface area contributed by atoms with Gasteiger partial charge in [0.25, 0.3) is 0 Å². The molecule has 0 aromatic carbocycles. The largest absolute Gasteiger partial charge is 0.379 e. The van der Waals surface area contributed by atoms with E-state index < -0.39 is 0 Å². The van der Waals surface area contributed by atoms with Crippen molar-refractivity contribution >= 4 is 5.82 Å². The van der Waals surface area contributed by atoms with Crippen LogP contribution in [-0.4, -0.2) is 42.8 Å². The summed E-state index contributed by atoms with van der Waals surface area (Å²) in [4.78, 5) is 11.0. The fourth-order valence-corrected chi connectivity index (χ4v) is 2.02. The van der Waals surface area contributed by atoms with E-state index in [0.717, 1.165) is 43.7 Å². The first-order chi connectivity index (χ1) is 9.81. The summed E-state index contributed by atoms with van der Waals surface area (Å²) in [5.41, 5.74) is 1.01. The van der Waals surface area contributed by atoms with Crippen LogP contribution in [0.4, 0.5) is 5.82 Å². The molecule has 0 aliphatic heterocycles. The smallest absolute Gasteiger partial charge is 0.146 e. The minimum absolute atomic E-state index is 0.711. The number of nitrogens with zero attached hydrogens (tertiary/aromatic N) is 3. The number of aromatic nitrogens is 2. The van der Waals surface area contributed by atoms with E-state index in [1.807, 2.05) is 19.4 Å². The number of anilines is 1. The second-order valence-corrected chi connectivity index (χ2v) is 5.96. The molecule has 0 amide bonds. The maximum Gasteiger partial charge on any atom is 0.146 e. The second kappa shape index (κ2) is 6.50. The summed E-state index contributed by atoms with van der Waals surface area (Å²) < 4.78 is 5.65. The monoisotopic (exact) mass is 276 g/mol. The fourth-order valence-electron chi connectivity index (χ4n) is 2.02. The Morgan fingerprint density at radius 3 is 2.75 bits per heavy atom. The lowest BCUT2D eigenvalue weighted by Gasteiger charge is -2.17. The summed E-state index contributed by atoms with van der Waals surface area (Å²) in [6, 6.07) is 0.711. The van der Waals surface area contributed by atoms with E-state index in [1.165, 1.54) is 25.7 Å². The van der Waals surface area contributed by atoms with Crippen LogP contribution >= 0.6 is 0 Å². The number of hydrogen-bond acceptors (Lipinski definition) is 5. The summed E-state index contributed by atoms with van der Waals surface area (Å²) in [5.74, 6) is 1.74. The van der Waals surface area contributed by atoms with Gasteiger partial charge in [-0.15, -0.1) is 0 Å². The molecule has 0 spiro atoms. The highest BCUT2D eigenvalue weighted by atomic mass is 16.5. The zero-order valence-electron chi connectivity index (χ0n) is 12.2. The maximum atomic E-state index is 5.65. The molecule has 2 aliphatic rings. The van der Waals surface area contributed by atoms with Crippen molar-refractivity contribution in [2.75, 3.05) is 31.7 Å². The number of hydrogen-bond donors (Lipinski definition) is 1. The van der Waals surface area contributed by atoms with Crippen LogP contribution in [-0.2, 0) is 11.3 Å². The Morgan fingerprint density at radius 2 is 2.10 bits per heavy atom. The Morgan fingerprint density at radius 1 is 1.25 bits per heavy atom. The molecular formula is C15H24N4O. The van der Waals surface area contributed by atoms with Gasteiger partial charge in [-0.2, -0.15) is 0 Å². The van der Waals surface area contributed by atoms with Gasteiger partial charge in [0.05, 0.1) is 24.7 Å². The maximum absolute atomic E-state index is 5.65. The van der Waals surface area contributed by atoms with Crippen molar-refractivity contribution in [3.05, 3.63) is 18.1 Å². The van der Waals surface area contributed by atoms with Crippen LogP contribution in [0.25, 0.3) is 0 Å². The van der Waals surface area contributed by atoms with Gasteiger partial charge in [-0.05, 0) is 31.6 Å². The van der Waals surface area contributed by atoms with Gasteiger partial charge in [-0.1, -0.05) is 0 Å². The Hall–Kier alpha value is -1.20. The third-order valence-electron chi connectivity index (χ3n) is 3.85. The summed E-state index contributed by atoms with van der Waals surface area (Å²) in [6.45, 7) is 3.37. The molecule has 5 nitrogen and oxygen atoms in total. The SMILES string of the molecule is CN(CCOCC1CC1)c1cnc(CNC2CC2)cn1. The average Bonchev–Trinajstić information content (AvgIpc) is 3.36. The summed E-state index contributed by atoms with van der Waals surface area (Å²) in [6.07, 6.45) is 9.01. The van der Waals surface area contributed by atoms with Crippen LogP contribution in [0.2, 0.25) is 0 Å². The van der Waals surface area contributed by atoms with E-state index in [0.29, 0.717) is 6.04 Å². The predicted octanol–water partition coefficient (Wildman–Crippen LogP) is 1.59. The predicted molar refractivity (Wildman–Crippen MR) is 78.7 cm³/mol. The summed E-state index contributed by atoms with van der Waals surface area (Å²) >= 11 is 0. The van der Waals surface area contributed by atoms with Crippen molar-refractivity contribution in [3.63, 3.8) is 0 Å². The van der Waals surface area contributed by atoms with Gasteiger partial charge >= 0.3 is 0 Å². The van der Waals surface area contributed by atoms with Gasteiger partial charge in [-0.3, -0.25) is 4.98 Å². The normalized spacial score (nSPS) is 18.2. The quantitative estimate of drug-likeness (QED) is 0.694. The lowest BCUT2D eigenvalue weighted by molar-refractivity contribution is 0.131. The molecular weight excluding hydrogens is 252 g/mol. The number of ether oxygens (including phenoxy) is 1. The molecule has 1 aromatic rings. The summed E-state index contributed by atoms with van der Waals surface area (Å²) in [7, 11) is 2.03. The lowest BCUT2D eigenvalue weighted by Crippen LogP contribution is -2.24. The van der Waals surface area contributed by atoms with E-state index >= 15 is 0 Å². The first-order valence-corrected chi connectivity index (χ1v) is 7.64. The number of nitrogens with one attached hydrogen (secondary N) is 1. The molecule has 2 fully saturated rings. The van der Waals surface area contributed by atoms with Crippen LogP contribution < -0.4 is 10.2 Å². The molecule has 0 atom stereocenters. The van der Waals surface area contributed by atoms with Crippen molar-refractivity contribution in [2.24, 2.45) is 5.92 Å². The van der Waals surface area contributed by atoms with Crippen molar-refractivity contribution in [1.82, 2.24) is 15.3 Å². The highest BCUT2D eigenvalue weighted by Gasteiger charge is 2.21. The van der Waals surface area contributed by atoms with Gasteiger partial charge in [0.15, 0.2) is 0 Å². The highest BCUT2D eigenvalue weighted by molar-refractivity contribution is 5.34. The zero-order chi connectivity index (χ0) is 13.8. The number of likely N-dealkylation sites (N-methyl/N-ethyl adjacent to an activating group) is 1. The van der Waals surface area contributed by atoms with Crippen molar-refractivity contribution in [3.8, 4) is 0 Å². The van der Waals surface area contributed by atoms with Crippen molar-refractivity contribution in [2.45, 2.75) is 38.3 Å². The molecule has 1 aromatic heterocycles. The minimum Gasteiger partial charge on any atom is -0.379 e. The Balaban J connectivity index is 1.38. The van der Waals surface area contributed by atoms with Crippen LogP contribution in [0.15, 0.2) is 12.4 Å². The van der Waals surface area contributed by atoms with E-state index in [4.69, 9.17) is 4.74 Å². The van der Waals surface area contributed by atoms with E-state index in [2.05, 4.69) is 20.2 Å². The lowest BCUT2D eigenvalue weighted by atomic mass is 10.4. The van der Waals surface area contributed by atoms with E-state index in [-0.39, 0.29) is 0 Å². The highest BCUT2D eigenvalue weighted by Crippen LogP contribution is 2.28. The Labute approximate surface area is 120 Å². The van der Waals surface area contributed by atoms with Crippen LogP contribution in [0.3, 0.4) is 0 Å². The molecule has 2 saturated carbocycles. The van der Waals surface area contributed by atoms with Gasteiger partial charge in [0.2, 0.25) is 0 Å². The Bertz CT molecular complexity index is 414. The van der Waals surface area contributed by atoms with Crippen LogP contribution in [0, 0.1) is 5.92 Å². The van der Waals surface area contributed by atoms with E-state index in [1.54, 1.807) is 0 Å². The Kier molecular flexibility index (Phi) is 4.47. The molecule has 2 aliphatic carbocycles. The first kappa shape index (κ1) is 13.8. The third kappa shape index (κ3) is 4.42. The van der Waals surface area contributed by atoms with Gasteiger partial charge in [-0.25, -0.2) is 4.98 Å². The van der Waals surface area contributed by atoms with Crippen LogP contribution in [0.5, 0.6) is 0 Å². The average molecular weight is 276 g/mol. The molecule has 0 unspecified atom stereocenters. The molecule has 3 rings (SSSR count). The zero-order valence-corrected chi connectivity index (χ0v) is 12.2. The molecule has 5 heteroatoms. The van der Waals surface area contributed by atoms with Gasteiger partial charge in [0.1, 0.15) is 5.82 Å². The topological polar surface area (TPSA) is 50.3 Å². The number of rotatable bonds is 9. The third-order valence-corrected chi connectivity index (χ3v) is 3.85. The molecule has 0 radical (unpaired) electrons. The first-order valence-electron chi connectivity index (χ1n) is 7.64. The molecule has 0 saturated heterocycles.